The molecule has 1 saturated heterocycles. The number of nitrogens with zero attached hydrogens (tertiary/aromatic N) is 3. The number of ether oxygens (including phenoxy) is 1. The molecule has 2 heterocycles. The van der Waals surface area contributed by atoms with Crippen molar-refractivity contribution in [3.8, 4) is 11.4 Å². The van der Waals surface area contributed by atoms with E-state index >= 15 is 0 Å². The number of aryl methyl sites for hydroxylation is 1. The Balaban J connectivity index is 1.49. The third-order valence-electron chi connectivity index (χ3n) is 6.79. The molecule has 1 aliphatic rings. The number of aromatic nitrogens is 1. The zero-order valence-electron chi connectivity index (χ0n) is 20.3. The minimum absolute atomic E-state index is 0.0566. The lowest BCUT2D eigenvalue weighted by atomic mass is 10.0. The summed E-state index contributed by atoms with van der Waals surface area (Å²) in [5.41, 5.74) is 3.47. The van der Waals surface area contributed by atoms with Crippen molar-refractivity contribution in [2.24, 2.45) is 0 Å². The monoisotopic (exact) mass is 467 g/mol. The van der Waals surface area contributed by atoms with Gasteiger partial charge in [0.15, 0.2) is 0 Å². The molecule has 0 spiro atoms. The number of piperazine rings is 1. The Labute approximate surface area is 205 Å². The Kier molecular flexibility index (Phi) is 6.03. The number of carbonyl (C=O) groups is 1. The zero-order valence-corrected chi connectivity index (χ0v) is 20.3. The van der Waals surface area contributed by atoms with E-state index < -0.39 is 0 Å². The van der Waals surface area contributed by atoms with E-state index in [1.54, 1.807) is 23.9 Å². The first-order chi connectivity index (χ1) is 17.0. The van der Waals surface area contributed by atoms with Gasteiger partial charge < -0.3 is 14.5 Å². The van der Waals surface area contributed by atoms with Crippen LogP contribution in [0.5, 0.6) is 5.75 Å². The van der Waals surface area contributed by atoms with Crippen LogP contribution in [0.3, 0.4) is 0 Å². The Bertz CT molecular complexity index is 1420. The van der Waals surface area contributed by atoms with Gasteiger partial charge in [0.25, 0.3) is 11.5 Å². The van der Waals surface area contributed by atoms with Crippen molar-refractivity contribution in [2.45, 2.75) is 19.9 Å². The van der Waals surface area contributed by atoms with Gasteiger partial charge in [0.05, 0.1) is 12.7 Å². The molecule has 0 aliphatic carbocycles. The highest BCUT2D eigenvalue weighted by Crippen LogP contribution is 2.25. The summed E-state index contributed by atoms with van der Waals surface area (Å²) in [6, 6.07) is 23.3. The summed E-state index contributed by atoms with van der Waals surface area (Å²) in [5, 5.41) is 1.21. The molecule has 1 aliphatic heterocycles. The fourth-order valence-corrected chi connectivity index (χ4v) is 4.83. The van der Waals surface area contributed by atoms with Gasteiger partial charge in [-0.25, -0.2) is 0 Å². The Morgan fingerprint density at radius 2 is 1.54 bits per heavy atom. The second kappa shape index (κ2) is 9.29. The van der Waals surface area contributed by atoms with E-state index in [9.17, 15) is 9.59 Å². The predicted molar refractivity (Wildman–Crippen MR) is 140 cm³/mol. The molecule has 1 atom stereocenters. The molecule has 0 radical (unpaired) electrons. The molecule has 0 saturated carbocycles. The number of fused-ring (bicyclic) bond motifs is 1. The predicted octanol–water partition coefficient (Wildman–Crippen LogP) is 4.66. The first-order valence-corrected chi connectivity index (χ1v) is 11.9. The highest BCUT2D eigenvalue weighted by atomic mass is 16.5. The lowest BCUT2D eigenvalue weighted by Crippen LogP contribution is -2.53. The standard InChI is InChI=1S/C29H29N3O3/c1-20-8-10-22(11-9-20)31-17-16-30(18-21(31)2)28(33)27-19-32(23-12-14-24(35-3)15-13-23)29(34)26-7-5-4-6-25(26)27/h4-15,19,21H,16-18H2,1-3H3/t21-/m0/s1. The number of hydrogen-bond acceptors (Lipinski definition) is 4. The number of hydrogen-bond donors (Lipinski definition) is 0. The normalized spacial score (nSPS) is 15.9. The first-order valence-electron chi connectivity index (χ1n) is 11.9. The van der Waals surface area contributed by atoms with Crippen molar-refractivity contribution < 1.29 is 9.53 Å². The number of anilines is 1. The van der Waals surface area contributed by atoms with Gasteiger partial charge in [-0.15, -0.1) is 0 Å². The topological polar surface area (TPSA) is 54.8 Å². The highest BCUT2D eigenvalue weighted by molar-refractivity contribution is 6.06. The van der Waals surface area contributed by atoms with E-state index in [0.29, 0.717) is 40.9 Å². The van der Waals surface area contributed by atoms with Crippen LogP contribution in [0.1, 0.15) is 22.8 Å². The molecule has 3 aromatic carbocycles. The molecule has 0 N–H and O–H groups in total. The molecule has 0 unspecified atom stereocenters. The van der Waals surface area contributed by atoms with Gasteiger partial charge in [0, 0.05) is 54.0 Å². The molecule has 0 bridgehead atoms. The molecule has 6 nitrogen and oxygen atoms in total. The third-order valence-corrected chi connectivity index (χ3v) is 6.79. The fourth-order valence-electron chi connectivity index (χ4n) is 4.83. The molecule has 1 fully saturated rings. The number of rotatable bonds is 4. The maximum atomic E-state index is 13.8. The number of carbonyl (C=O) groups excluding carboxylic acids is 1. The summed E-state index contributed by atoms with van der Waals surface area (Å²) >= 11 is 0. The summed E-state index contributed by atoms with van der Waals surface area (Å²) in [5.74, 6) is 0.651. The van der Waals surface area contributed by atoms with Crippen LogP contribution in [0, 0.1) is 6.92 Å². The Hall–Kier alpha value is -4.06. The summed E-state index contributed by atoms with van der Waals surface area (Å²) in [7, 11) is 1.60. The number of pyridine rings is 1. The van der Waals surface area contributed by atoms with E-state index in [-0.39, 0.29) is 17.5 Å². The maximum Gasteiger partial charge on any atom is 0.262 e. The van der Waals surface area contributed by atoms with Crippen LogP contribution in [-0.2, 0) is 0 Å². The minimum atomic E-state index is -0.153. The molecular formula is C29H29N3O3. The zero-order chi connectivity index (χ0) is 24.5. The highest BCUT2D eigenvalue weighted by Gasteiger charge is 2.29. The molecule has 1 amide bonds. The van der Waals surface area contributed by atoms with Crippen LogP contribution in [0.4, 0.5) is 5.69 Å². The minimum Gasteiger partial charge on any atom is -0.497 e. The van der Waals surface area contributed by atoms with Crippen LogP contribution < -0.4 is 15.2 Å². The molecule has 178 valence electrons. The van der Waals surface area contributed by atoms with Crippen molar-refractivity contribution in [3.05, 3.63) is 100 Å². The van der Waals surface area contributed by atoms with Crippen LogP contribution in [0.25, 0.3) is 16.5 Å². The second-order valence-electron chi connectivity index (χ2n) is 9.09. The van der Waals surface area contributed by atoms with Gasteiger partial charge in [-0.1, -0.05) is 35.9 Å². The SMILES string of the molecule is COc1ccc(-n2cc(C(=O)N3CCN(c4ccc(C)cc4)[C@@H](C)C3)c3ccccc3c2=O)cc1. The smallest absolute Gasteiger partial charge is 0.262 e. The molecule has 5 rings (SSSR count). The van der Waals surface area contributed by atoms with Gasteiger partial charge in [-0.3, -0.25) is 14.2 Å². The van der Waals surface area contributed by atoms with Gasteiger partial charge in [-0.05, 0) is 56.3 Å². The van der Waals surface area contributed by atoms with Crippen molar-refractivity contribution in [1.82, 2.24) is 9.47 Å². The van der Waals surface area contributed by atoms with E-state index in [4.69, 9.17) is 4.74 Å². The Morgan fingerprint density at radius 1 is 0.886 bits per heavy atom. The first kappa shape index (κ1) is 22.7. The summed E-state index contributed by atoms with van der Waals surface area (Å²) in [6.07, 6.45) is 1.69. The molecular weight excluding hydrogens is 438 g/mol. The molecule has 6 heteroatoms. The number of methoxy groups -OCH3 is 1. The largest absolute Gasteiger partial charge is 0.497 e. The van der Waals surface area contributed by atoms with Crippen molar-refractivity contribution in [1.29, 1.82) is 0 Å². The number of benzene rings is 3. The quantitative estimate of drug-likeness (QED) is 0.438. The van der Waals surface area contributed by atoms with Gasteiger partial charge in [0.1, 0.15) is 5.75 Å². The van der Waals surface area contributed by atoms with E-state index in [0.717, 1.165) is 6.54 Å². The maximum absolute atomic E-state index is 13.8. The summed E-state index contributed by atoms with van der Waals surface area (Å²) in [6.45, 7) is 6.22. The van der Waals surface area contributed by atoms with Gasteiger partial charge in [-0.2, -0.15) is 0 Å². The van der Waals surface area contributed by atoms with Crippen molar-refractivity contribution in [3.63, 3.8) is 0 Å². The lowest BCUT2D eigenvalue weighted by molar-refractivity contribution is 0.0727. The van der Waals surface area contributed by atoms with E-state index in [1.165, 1.54) is 11.3 Å². The average Bonchev–Trinajstić information content (AvgIpc) is 2.89. The summed E-state index contributed by atoms with van der Waals surface area (Å²) in [4.78, 5) is 31.4. The summed E-state index contributed by atoms with van der Waals surface area (Å²) < 4.78 is 6.81. The van der Waals surface area contributed by atoms with Gasteiger partial charge >= 0.3 is 0 Å². The molecule has 35 heavy (non-hydrogen) atoms. The fraction of sp³-hybridized carbons (Fsp3) is 0.241. The van der Waals surface area contributed by atoms with E-state index in [1.807, 2.05) is 47.4 Å². The second-order valence-corrected chi connectivity index (χ2v) is 9.09. The average molecular weight is 468 g/mol. The molecule has 4 aromatic rings. The van der Waals surface area contributed by atoms with E-state index in [2.05, 4.69) is 43.0 Å². The van der Waals surface area contributed by atoms with Crippen LogP contribution in [0.15, 0.2) is 83.8 Å². The van der Waals surface area contributed by atoms with Crippen molar-refractivity contribution >= 4 is 22.4 Å². The van der Waals surface area contributed by atoms with Crippen LogP contribution in [-0.4, -0.2) is 48.2 Å². The molecule has 1 aromatic heterocycles. The third kappa shape index (κ3) is 4.28. The number of amides is 1. The Morgan fingerprint density at radius 3 is 2.20 bits per heavy atom. The van der Waals surface area contributed by atoms with Crippen LogP contribution >= 0.6 is 0 Å². The van der Waals surface area contributed by atoms with Gasteiger partial charge in [0.2, 0.25) is 0 Å². The van der Waals surface area contributed by atoms with Crippen LogP contribution in [0.2, 0.25) is 0 Å². The van der Waals surface area contributed by atoms with Crippen molar-refractivity contribution in [2.75, 3.05) is 31.6 Å². The lowest BCUT2D eigenvalue weighted by Gasteiger charge is -2.41.